The standard InChI is InChI=1S/C12H14Cl2O/c1-3-15-5-4-9(2)10-6-11(13)8-12(14)7-10/h4,6-8H,3,5H2,1-2H3/b9-4+. The third-order valence-corrected chi connectivity index (χ3v) is 2.47. The summed E-state index contributed by atoms with van der Waals surface area (Å²) in [6, 6.07) is 5.51. The van der Waals surface area contributed by atoms with E-state index in [1.165, 1.54) is 0 Å². The number of halogens is 2. The molecule has 15 heavy (non-hydrogen) atoms. The molecule has 0 saturated carbocycles. The second-order valence-electron chi connectivity index (χ2n) is 3.20. The second kappa shape index (κ2) is 6.16. The zero-order valence-corrected chi connectivity index (χ0v) is 10.4. The highest BCUT2D eigenvalue weighted by Crippen LogP contribution is 2.23. The van der Waals surface area contributed by atoms with Crippen LogP contribution in [-0.4, -0.2) is 13.2 Å². The fourth-order valence-electron chi connectivity index (χ4n) is 1.20. The maximum atomic E-state index is 5.91. The largest absolute Gasteiger partial charge is 0.378 e. The summed E-state index contributed by atoms with van der Waals surface area (Å²) in [6.45, 7) is 5.33. The highest BCUT2D eigenvalue weighted by molar-refractivity contribution is 6.34. The average Bonchev–Trinajstić information content (AvgIpc) is 2.16. The van der Waals surface area contributed by atoms with Crippen molar-refractivity contribution in [3.63, 3.8) is 0 Å². The van der Waals surface area contributed by atoms with Crippen molar-refractivity contribution in [1.29, 1.82) is 0 Å². The maximum absolute atomic E-state index is 5.91. The molecule has 0 atom stereocenters. The molecule has 1 nitrogen and oxygen atoms in total. The normalized spacial score (nSPS) is 11.9. The quantitative estimate of drug-likeness (QED) is 0.713. The van der Waals surface area contributed by atoms with Gasteiger partial charge in [0, 0.05) is 16.7 Å². The zero-order chi connectivity index (χ0) is 11.3. The molecule has 0 saturated heterocycles. The van der Waals surface area contributed by atoms with Crippen LogP contribution in [0.25, 0.3) is 5.57 Å². The van der Waals surface area contributed by atoms with Gasteiger partial charge in [-0.1, -0.05) is 29.3 Å². The van der Waals surface area contributed by atoms with Gasteiger partial charge in [-0.25, -0.2) is 0 Å². The van der Waals surface area contributed by atoms with Crippen LogP contribution in [0.3, 0.4) is 0 Å². The van der Waals surface area contributed by atoms with E-state index < -0.39 is 0 Å². The van der Waals surface area contributed by atoms with Crippen LogP contribution in [0.4, 0.5) is 0 Å². The Labute approximate surface area is 101 Å². The fraction of sp³-hybridized carbons (Fsp3) is 0.333. The molecule has 0 aliphatic carbocycles. The Bertz CT molecular complexity index is 338. The molecule has 0 spiro atoms. The Hall–Kier alpha value is -0.500. The molecule has 0 unspecified atom stereocenters. The van der Waals surface area contributed by atoms with E-state index in [4.69, 9.17) is 27.9 Å². The van der Waals surface area contributed by atoms with E-state index in [2.05, 4.69) is 0 Å². The smallest absolute Gasteiger partial charge is 0.0653 e. The third-order valence-electron chi connectivity index (χ3n) is 2.03. The third kappa shape index (κ3) is 4.25. The van der Waals surface area contributed by atoms with Gasteiger partial charge in [-0.3, -0.25) is 0 Å². The first kappa shape index (κ1) is 12.6. The molecule has 1 aromatic carbocycles. The molecule has 82 valence electrons. The number of allylic oxidation sites excluding steroid dienone is 1. The van der Waals surface area contributed by atoms with Crippen LogP contribution in [0.2, 0.25) is 10.0 Å². The lowest BCUT2D eigenvalue weighted by atomic mass is 10.1. The lowest BCUT2D eigenvalue weighted by Gasteiger charge is -2.04. The van der Waals surface area contributed by atoms with Gasteiger partial charge < -0.3 is 4.74 Å². The molecule has 0 aliphatic heterocycles. The molecule has 0 aliphatic rings. The van der Waals surface area contributed by atoms with Crippen LogP contribution < -0.4 is 0 Å². The molecular formula is C12H14Cl2O. The van der Waals surface area contributed by atoms with Gasteiger partial charge in [-0.2, -0.15) is 0 Å². The number of hydrogen-bond donors (Lipinski definition) is 0. The van der Waals surface area contributed by atoms with Gasteiger partial charge in [0.15, 0.2) is 0 Å². The van der Waals surface area contributed by atoms with Crippen LogP contribution in [0.15, 0.2) is 24.3 Å². The Kier molecular flexibility index (Phi) is 5.16. The fourth-order valence-corrected chi connectivity index (χ4v) is 1.73. The Morgan fingerprint density at radius 2 is 1.87 bits per heavy atom. The maximum Gasteiger partial charge on any atom is 0.0653 e. The van der Waals surface area contributed by atoms with E-state index in [0.717, 1.165) is 17.7 Å². The Morgan fingerprint density at radius 1 is 1.27 bits per heavy atom. The summed E-state index contributed by atoms with van der Waals surface area (Å²) >= 11 is 11.8. The van der Waals surface area contributed by atoms with Crippen LogP contribution in [0.1, 0.15) is 19.4 Å². The van der Waals surface area contributed by atoms with Crippen LogP contribution in [0, 0.1) is 0 Å². The lowest BCUT2D eigenvalue weighted by Crippen LogP contribution is -1.90. The van der Waals surface area contributed by atoms with Crippen LogP contribution in [-0.2, 0) is 4.74 Å². The highest BCUT2D eigenvalue weighted by Gasteiger charge is 1.99. The lowest BCUT2D eigenvalue weighted by molar-refractivity contribution is 0.178. The van der Waals surface area contributed by atoms with Crippen LogP contribution in [0.5, 0.6) is 0 Å². The van der Waals surface area contributed by atoms with Gasteiger partial charge in [0.25, 0.3) is 0 Å². The molecule has 1 aromatic rings. The first-order valence-electron chi connectivity index (χ1n) is 4.84. The summed E-state index contributed by atoms with van der Waals surface area (Å²) in [6.07, 6.45) is 2.02. The number of hydrogen-bond acceptors (Lipinski definition) is 1. The zero-order valence-electron chi connectivity index (χ0n) is 8.89. The van der Waals surface area contributed by atoms with Crippen molar-refractivity contribution in [1.82, 2.24) is 0 Å². The summed E-state index contributed by atoms with van der Waals surface area (Å²) in [4.78, 5) is 0. The van der Waals surface area contributed by atoms with E-state index >= 15 is 0 Å². The average molecular weight is 245 g/mol. The Morgan fingerprint density at radius 3 is 2.40 bits per heavy atom. The highest BCUT2D eigenvalue weighted by atomic mass is 35.5. The first-order chi connectivity index (χ1) is 7.13. The van der Waals surface area contributed by atoms with E-state index in [1.54, 1.807) is 6.07 Å². The van der Waals surface area contributed by atoms with E-state index in [1.807, 2.05) is 32.1 Å². The van der Waals surface area contributed by atoms with Gasteiger partial charge >= 0.3 is 0 Å². The SMILES string of the molecule is CCOC/C=C(\C)c1cc(Cl)cc(Cl)c1. The van der Waals surface area contributed by atoms with Crippen molar-refractivity contribution < 1.29 is 4.74 Å². The topological polar surface area (TPSA) is 9.23 Å². The van der Waals surface area contributed by atoms with Gasteiger partial charge in [-0.05, 0) is 43.2 Å². The minimum absolute atomic E-state index is 0.618. The molecule has 0 heterocycles. The Balaban J connectivity index is 2.81. The molecule has 1 rings (SSSR count). The molecule has 0 radical (unpaired) electrons. The molecule has 3 heteroatoms. The molecular weight excluding hydrogens is 231 g/mol. The van der Waals surface area contributed by atoms with E-state index in [9.17, 15) is 0 Å². The molecule has 0 fully saturated rings. The van der Waals surface area contributed by atoms with Gasteiger partial charge in [-0.15, -0.1) is 0 Å². The predicted octanol–water partition coefficient (Wildman–Crippen LogP) is 4.43. The van der Waals surface area contributed by atoms with Crippen molar-refractivity contribution in [2.75, 3.05) is 13.2 Å². The van der Waals surface area contributed by atoms with Gasteiger partial charge in [0.1, 0.15) is 0 Å². The van der Waals surface area contributed by atoms with Crippen molar-refractivity contribution in [3.8, 4) is 0 Å². The van der Waals surface area contributed by atoms with E-state index in [-0.39, 0.29) is 0 Å². The second-order valence-corrected chi connectivity index (χ2v) is 4.08. The van der Waals surface area contributed by atoms with Gasteiger partial charge in [0.05, 0.1) is 6.61 Å². The van der Waals surface area contributed by atoms with Gasteiger partial charge in [0.2, 0.25) is 0 Å². The predicted molar refractivity (Wildman–Crippen MR) is 66.6 cm³/mol. The monoisotopic (exact) mass is 244 g/mol. The minimum Gasteiger partial charge on any atom is -0.378 e. The van der Waals surface area contributed by atoms with Crippen molar-refractivity contribution in [2.45, 2.75) is 13.8 Å². The van der Waals surface area contributed by atoms with Crippen molar-refractivity contribution >= 4 is 28.8 Å². The summed E-state index contributed by atoms with van der Waals surface area (Å²) < 4.78 is 5.24. The first-order valence-corrected chi connectivity index (χ1v) is 5.60. The minimum atomic E-state index is 0.618. The molecule has 0 N–H and O–H groups in total. The summed E-state index contributed by atoms with van der Waals surface area (Å²) in [5.74, 6) is 0. The number of benzene rings is 1. The summed E-state index contributed by atoms with van der Waals surface area (Å²) in [5, 5.41) is 1.31. The van der Waals surface area contributed by atoms with Crippen molar-refractivity contribution in [2.24, 2.45) is 0 Å². The van der Waals surface area contributed by atoms with Crippen LogP contribution >= 0.6 is 23.2 Å². The molecule has 0 aromatic heterocycles. The summed E-state index contributed by atoms with van der Waals surface area (Å²) in [7, 11) is 0. The molecule has 0 bridgehead atoms. The van der Waals surface area contributed by atoms with Crippen molar-refractivity contribution in [3.05, 3.63) is 39.9 Å². The molecule has 0 amide bonds. The van der Waals surface area contributed by atoms with E-state index in [0.29, 0.717) is 16.7 Å². The number of ether oxygens (including phenoxy) is 1. The number of rotatable bonds is 4. The summed E-state index contributed by atoms with van der Waals surface area (Å²) in [5.41, 5.74) is 2.15.